The largest absolute Gasteiger partial charge is 0.349 e. The number of benzene rings is 1. The highest BCUT2D eigenvalue weighted by atomic mass is 16.6. The van der Waals surface area contributed by atoms with E-state index in [2.05, 4.69) is 5.32 Å². The van der Waals surface area contributed by atoms with Crippen molar-refractivity contribution >= 4 is 23.3 Å². The number of hydrogen-bond acceptors (Lipinski definition) is 4. The number of likely N-dealkylation sites (tertiary alicyclic amines) is 1. The quantitative estimate of drug-likeness (QED) is 0.680. The third-order valence-corrected chi connectivity index (χ3v) is 3.88. The van der Waals surface area contributed by atoms with Gasteiger partial charge < -0.3 is 15.1 Å². The van der Waals surface area contributed by atoms with E-state index in [1.807, 2.05) is 0 Å². The van der Waals surface area contributed by atoms with E-state index in [9.17, 15) is 19.7 Å². The van der Waals surface area contributed by atoms with Gasteiger partial charge in [0.1, 0.15) is 0 Å². The van der Waals surface area contributed by atoms with Gasteiger partial charge in [0.05, 0.1) is 4.92 Å². The summed E-state index contributed by atoms with van der Waals surface area (Å²) in [7, 11) is 3.45. The number of nitrogens with one attached hydrogen (secondary N) is 1. The van der Waals surface area contributed by atoms with E-state index in [-0.39, 0.29) is 23.5 Å². The van der Waals surface area contributed by atoms with Crippen LogP contribution >= 0.6 is 0 Å². The Morgan fingerprint density at radius 2 is 1.96 bits per heavy atom. The first-order valence-corrected chi connectivity index (χ1v) is 7.40. The Hall–Kier alpha value is -2.64. The number of nitro benzene ring substituents is 1. The number of piperidine rings is 1. The number of hydrogen-bond donors (Lipinski definition) is 1. The predicted molar refractivity (Wildman–Crippen MR) is 85.1 cm³/mol. The van der Waals surface area contributed by atoms with Gasteiger partial charge in [0.15, 0.2) is 0 Å². The van der Waals surface area contributed by atoms with Crippen LogP contribution in [0.2, 0.25) is 0 Å². The van der Waals surface area contributed by atoms with Crippen molar-refractivity contribution in [2.24, 2.45) is 5.92 Å². The molecule has 23 heavy (non-hydrogen) atoms. The van der Waals surface area contributed by atoms with E-state index >= 15 is 0 Å². The number of carbonyl (C=O) groups is 2. The van der Waals surface area contributed by atoms with Crippen LogP contribution in [0, 0.1) is 16.0 Å². The number of carbonyl (C=O) groups excluding carboxylic acids is 2. The Balaban J connectivity index is 1.92. The van der Waals surface area contributed by atoms with Gasteiger partial charge in [-0.05, 0) is 18.9 Å². The molecule has 1 N–H and O–H groups in total. The molecule has 1 aromatic carbocycles. The fourth-order valence-electron chi connectivity index (χ4n) is 2.59. The van der Waals surface area contributed by atoms with Gasteiger partial charge in [0.2, 0.25) is 5.91 Å². The Morgan fingerprint density at radius 3 is 2.52 bits per heavy atom. The maximum Gasteiger partial charge on any atom is 0.321 e. The van der Waals surface area contributed by atoms with Crippen LogP contribution in [0.4, 0.5) is 16.2 Å². The number of nitro groups is 1. The fourth-order valence-corrected chi connectivity index (χ4v) is 2.59. The van der Waals surface area contributed by atoms with Crippen LogP contribution in [0.1, 0.15) is 12.8 Å². The van der Waals surface area contributed by atoms with E-state index in [0.29, 0.717) is 31.6 Å². The van der Waals surface area contributed by atoms with Crippen LogP contribution in [-0.2, 0) is 4.79 Å². The zero-order valence-electron chi connectivity index (χ0n) is 13.2. The zero-order valence-corrected chi connectivity index (χ0v) is 13.2. The zero-order chi connectivity index (χ0) is 17.0. The van der Waals surface area contributed by atoms with E-state index in [0.717, 1.165) is 0 Å². The van der Waals surface area contributed by atoms with Crippen molar-refractivity contribution < 1.29 is 14.5 Å². The van der Waals surface area contributed by atoms with Crippen molar-refractivity contribution in [3.05, 3.63) is 34.4 Å². The number of amides is 3. The smallest absolute Gasteiger partial charge is 0.321 e. The molecule has 0 radical (unpaired) electrons. The Labute approximate surface area is 134 Å². The third kappa shape index (κ3) is 4.18. The maximum atomic E-state index is 12.2. The summed E-state index contributed by atoms with van der Waals surface area (Å²) < 4.78 is 0. The monoisotopic (exact) mass is 320 g/mol. The maximum absolute atomic E-state index is 12.2. The van der Waals surface area contributed by atoms with Crippen LogP contribution in [0.15, 0.2) is 24.3 Å². The van der Waals surface area contributed by atoms with Gasteiger partial charge in [0, 0.05) is 50.9 Å². The lowest BCUT2D eigenvalue weighted by atomic mass is 9.96. The first-order valence-electron chi connectivity index (χ1n) is 7.40. The average Bonchev–Trinajstić information content (AvgIpc) is 2.54. The highest BCUT2D eigenvalue weighted by Gasteiger charge is 2.28. The van der Waals surface area contributed by atoms with Gasteiger partial charge in [-0.25, -0.2) is 4.79 Å². The first-order chi connectivity index (χ1) is 10.9. The summed E-state index contributed by atoms with van der Waals surface area (Å²) >= 11 is 0. The second-order valence-electron chi connectivity index (χ2n) is 5.73. The molecule has 1 aliphatic heterocycles. The molecule has 3 amide bonds. The summed E-state index contributed by atoms with van der Waals surface area (Å²) in [6.45, 7) is 0.982. The molecular weight excluding hydrogens is 300 g/mol. The van der Waals surface area contributed by atoms with Crippen molar-refractivity contribution in [2.45, 2.75) is 12.8 Å². The van der Waals surface area contributed by atoms with Gasteiger partial charge in [-0.15, -0.1) is 0 Å². The van der Waals surface area contributed by atoms with Gasteiger partial charge in [0.25, 0.3) is 5.69 Å². The first kappa shape index (κ1) is 16.7. The molecule has 0 saturated carbocycles. The molecule has 124 valence electrons. The number of rotatable bonds is 3. The van der Waals surface area contributed by atoms with Crippen LogP contribution in [-0.4, -0.2) is 53.8 Å². The normalized spacial score (nSPS) is 15.1. The van der Waals surface area contributed by atoms with Crippen molar-refractivity contribution in [3.63, 3.8) is 0 Å². The van der Waals surface area contributed by atoms with Crippen molar-refractivity contribution in [1.29, 1.82) is 0 Å². The second kappa shape index (κ2) is 7.08. The van der Waals surface area contributed by atoms with Gasteiger partial charge in [-0.1, -0.05) is 6.07 Å². The van der Waals surface area contributed by atoms with Crippen molar-refractivity contribution in [3.8, 4) is 0 Å². The van der Waals surface area contributed by atoms with Crippen LogP contribution in [0.3, 0.4) is 0 Å². The van der Waals surface area contributed by atoms with Crippen LogP contribution in [0.5, 0.6) is 0 Å². The molecule has 0 aromatic heterocycles. The summed E-state index contributed by atoms with van der Waals surface area (Å²) in [4.78, 5) is 37.6. The van der Waals surface area contributed by atoms with Crippen molar-refractivity contribution in [1.82, 2.24) is 9.80 Å². The van der Waals surface area contributed by atoms with Crippen LogP contribution < -0.4 is 5.32 Å². The highest BCUT2D eigenvalue weighted by molar-refractivity contribution is 5.90. The van der Waals surface area contributed by atoms with Crippen LogP contribution in [0.25, 0.3) is 0 Å². The SMILES string of the molecule is CN(C)C(=O)C1CCN(C(=O)Nc2cccc([N+](=O)[O-])c2)CC1. The molecule has 1 aliphatic rings. The van der Waals surface area contributed by atoms with Gasteiger partial charge in [-0.2, -0.15) is 0 Å². The number of non-ortho nitro benzene ring substituents is 1. The molecule has 0 unspecified atom stereocenters. The molecule has 1 heterocycles. The molecule has 2 rings (SSSR count). The minimum atomic E-state index is -0.506. The molecular formula is C15H20N4O4. The van der Waals surface area contributed by atoms with Gasteiger partial charge in [-0.3, -0.25) is 14.9 Å². The predicted octanol–water partition coefficient (Wildman–Crippen LogP) is 1.93. The van der Waals surface area contributed by atoms with E-state index in [1.165, 1.54) is 18.2 Å². The highest BCUT2D eigenvalue weighted by Crippen LogP contribution is 2.21. The summed E-state index contributed by atoms with van der Waals surface area (Å²) in [5.41, 5.74) is 0.314. The number of nitrogens with zero attached hydrogens (tertiary/aromatic N) is 3. The molecule has 0 bridgehead atoms. The Bertz CT molecular complexity index is 609. The second-order valence-corrected chi connectivity index (χ2v) is 5.73. The summed E-state index contributed by atoms with van der Waals surface area (Å²) in [5.74, 6) is 0.0376. The number of urea groups is 1. The van der Waals surface area contributed by atoms with E-state index in [1.54, 1.807) is 30.0 Å². The minimum absolute atomic E-state index is 0.0492. The lowest BCUT2D eigenvalue weighted by molar-refractivity contribution is -0.384. The van der Waals surface area contributed by atoms with Crippen molar-refractivity contribution in [2.75, 3.05) is 32.5 Å². The topological polar surface area (TPSA) is 95.8 Å². The average molecular weight is 320 g/mol. The fraction of sp³-hybridized carbons (Fsp3) is 0.467. The Kier molecular flexibility index (Phi) is 5.15. The minimum Gasteiger partial charge on any atom is -0.349 e. The Morgan fingerprint density at radius 1 is 1.30 bits per heavy atom. The summed E-state index contributed by atoms with van der Waals surface area (Å²) in [5, 5.41) is 13.4. The summed E-state index contributed by atoms with van der Waals surface area (Å²) in [6, 6.07) is 5.51. The lowest BCUT2D eigenvalue weighted by Crippen LogP contribution is -2.44. The molecule has 1 saturated heterocycles. The number of anilines is 1. The molecule has 1 fully saturated rings. The lowest BCUT2D eigenvalue weighted by Gasteiger charge is -2.32. The van der Waals surface area contributed by atoms with E-state index in [4.69, 9.17) is 0 Å². The van der Waals surface area contributed by atoms with Gasteiger partial charge >= 0.3 is 6.03 Å². The molecule has 1 aromatic rings. The molecule has 8 nitrogen and oxygen atoms in total. The third-order valence-electron chi connectivity index (χ3n) is 3.88. The molecule has 0 aliphatic carbocycles. The van der Waals surface area contributed by atoms with E-state index < -0.39 is 4.92 Å². The molecule has 0 spiro atoms. The summed E-state index contributed by atoms with van der Waals surface area (Å²) in [6.07, 6.45) is 1.25. The molecule has 0 atom stereocenters. The molecule has 8 heteroatoms. The standard InChI is InChI=1S/C15H20N4O4/c1-17(2)14(20)11-6-8-18(9-7-11)15(21)16-12-4-3-5-13(10-12)19(22)23/h3-5,10-11H,6-9H2,1-2H3,(H,16,21).